The number of nitro groups is 1. The molecule has 0 fully saturated rings. The van der Waals surface area contributed by atoms with Crippen molar-refractivity contribution in [2.45, 2.75) is 13.3 Å². The Morgan fingerprint density at radius 2 is 1.89 bits per heavy atom. The third-order valence-corrected chi connectivity index (χ3v) is 3.73. The van der Waals surface area contributed by atoms with E-state index >= 15 is 0 Å². The van der Waals surface area contributed by atoms with Crippen molar-refractivity contribution in [3.63, 3.8) is 0 Å². The van der Waals surface area contributed by atoms with Crippen LogP contribution in [-0.4, -0.2) is 30.6 Å². The van der Waals surface area contributed by atoms with Crippen molar-refractivity contribution in [1.82, 2.24) is 0 Å². The van der Waals surface area contributed by atoms with Gasteiger partial charge in [0, 0.05) is 25.2 Å². The maximum Gasteiger partial charge on any atom is 0.302 e. The van der Waals surface area contributed by atoms with Gasteiger partial charge in [0.25, 0.3) is 5.69 Å². The van der Waals surface area contributed by atoms with Crippen LogP contribution in [0.1, 0.15) is 13.3 Å². The van der Waals surface area contributed by atoms with Gasteiger partial charge in [0.2, 0.25) is 0 Å². The average molecular weight is 381 g/mol. The molecule has 28 heavy (non-hydrogen) atoms. The molecular weight excluding hydrogens is 362 g/mol. The van der Waals surface area contributed by atoms with Gasteiger partial charge in [-0.25, -0.2) is 0 Å². The monoisotopic (exact) mass is 381 g/mol. The average Bonchev–Trinajstić information content (AvgIpc) is 2.69. The summed E-state index contributed by atoms with van der Waals surface area (Å²) in [6.07, 6.45) is 0.333. The first-order valence-corrected chi connectivity index (χ1v) is 8.51. The minimum Gasteiger partial charge on any atom is -0.464 e. The summed E-state index contributed by atoms with van der Waals surface area (Å²) in [6, 6.07) is 15.3. The molecule has 0 radical (unpaired) electrons. The minimum absolute atomic E-state index is 0.115. The third-order valence-electron chi connectivity index (χ3n) is 3.73. The van der Waals surface area contributed by atoms with Gasteiger partial charge < -0.3 is 9.64 Å². The van der Waals surface area contributed by atoms with Crippen LogP contribution in [0.15, 0.2) is 58.8 Å². The number of nitro benzene ring substituents is 1. The van der Waals surface area contributed by atoms with Crippen molar-refractivity contribution < 1.29 is 14.5 Å². The maximum absolute atomic E-state index is 11.0. The van der Waals surface area contributed by atoms with Crippen molar-refractivity contribution in [1.29, 1.82) is 5.26 Å². The Labute approximate surface area is 162 Å². The molecule has 9 nitrogen and oxygen atoms in total. The number of rotatable bonds is 9. The third kappa shape index (κ3) is 6.17. The zero-order chi connectivity index (χ0) is 20.4. The van der Waals surface area contributed by atoms with Gasteiger partial charge >= 0.3 is 5.97 Å². The van der Waals surface area contributed by atoms with Crippen molar-refractivity contribution in [3.05, 3.63) is 58.6 Å². The van der Waals surface area contributed by atoms with Gasteiger partial charge in [0.1, 0.15) is 6.61 Å². The van der Waals surface area contributed by atoms with Crippen LogP contribution in [0.5, 0.6) is 0 Å². The Bertz CT molecular complexity index is 890. The summed E-state index contributed by atoms with van der Waals surface area (Å²) in [6.45, 7) is 2.52. The number of nitrogens with zero attached hydrogens (tertiary/aromatic N) is 5. The highest BCUT2D eigenvalue weighted by atomic mass is 16.6. The second-order valence-corrected chi connectivity index (χ2v) is 5.70. The van der Waals surface area contributed by atoms with Gasteiger partial charge in [-0.2, -0.15) is 10.4 Å². The van der Waals surface area contributed by atoms with Crippen LogP contribution in [0.4, 0.5) is 22.7 Å². The second kappa shape index (κ2) is 10.4. The number of hydrogen-bond acceptors (Lipinski definition) is 8. The molecule has 2 aromatic rings. The molecular formula is C19H19N5O4. The number of carbonyl (C=O) groups is 1. The van der Waals surface area contributed by atoms with E-state index in [1.807, 2.05) is 4.90 Å². The van der Waals surface area contributed by atoms with E-state index < -0.39 is 4.92 Å². The zero-order valence-electron chi connectivity index (χ0n) is 15.3. The number of benzene rings is 2. The molecule has 2 aromatic carbocycles. The van der Waals surface area contributed by atoms with Crippen LogP contribution < -0.4 is 4.90 Å². The summed E-state index contributed by atoms with van der Waals surface area (Å²) >= 11 is 0. The van der Waals surface area contributed by atoms with Gasteiger partial charge in [-0.05, 0) is 30.3 Å². The van der Waals surface area contributed by atoms with Gasteiger partial charge in [0.15, 0.2) is 5.69 Å². The largest absolute Gasteiger partial charge is 0.464 e. The van der Waals surface area contributed by atoms with Crippen molar-refractivity contribution in [2.75, 3.05) is 24.6 Å². The summed E-state index contributed by atoms with van der Waals surface area (Å²) in [7, 11) is 0. The van der Waals surface area contributed by atoms with Crippen LogP contribution in [0.3, 0.4) is 0 Å². The molecule has 0 unspecified atom stereocenters. The molecule has 0 saturated carbocycles. The second-order valence-electron chi connectivity index (χ2n) is 5.70. The Balaban J connectivity index is 2.11. The normalized spacial score (nSPS) is 10.4. The number of para-hydroxylation sites is 1. The molecule has 0 atom stereocenters. The Kier molecular flexibility index (Phi) is 7.60. The number of nitriles is 1. The van der Waals surface area contributed by atoms with Crippen LogP contribution in [0, 0.1) is 21.4 Å². The van der Waals surface area contributed by atoms with E-state index in [4.69, 9.17) is 10.00 Å². The van der Waals surface area contributed by atoms with Gasteiger partial charge in [-0.3, -0.25) is 14.9 Å². The van der Waals surface area contributed by atoms with E-state index in [1.54, 1.807) is 36.4 Å². The molecule has 144 valence electrons. The minimum atomic E-state index is -0.506. The van der Waals surface area contributed by atoms with Crippen molar-refractivity contribution >= 4 is 28.7 Å². The highest BCUT2D eigenvalue weighted by Crippen LogP contribution is 2.28. The predicted octanol–water partition coefficient (Wildman–Crippen LogP) is 4.29. The lowest BCUT2D eigenvalue weighted by molar-refractivity contribution is -0.384. The molecule has 0 saturated heterocycles. The first-order chi connectivity index (χ1) is 13.5. The number of esters is 1. The van der Waals surface area contributed by atoms with Gasteiger partial charge in [-0.1, -0.05) is 12.1 Å². The molecule has 0 N–H and O–H groups in total. The summed E-state index contributed by atoms with van der Waals surface area (Å²) < 4.78 is 4.96. The van der Waals surface area contributed by atoms with E-state index in [-0.39, 0.29) is 24.0 Å². The lowest BCUT2D eigenvalue weighted by Gasteiger charge is -2.23. The van der Waals surface area contributed by atoms with Gasteiger partial charge in [0.05, 0.1) is 29.6 Å². The first kappa shape index (κ1) is 20.5. The summed E-state index contributed by atoms with van der Waals surface area (Å²) in [4.78, 5) is 23.3. The quantitative estimate of drug-likeness (QED) is 0.276. The Hall–Kier alpha value is -3.80. The summed E-state index contributed by atoms with van der Waals surface area (Å²) in [5.74, 6) is -0.356. The predicted molar refractivity (Wildman–Crippen MR) is 103 cm³/mol. The zero-order valence-corrected chi connectivity index (χ0v) is 15.3. The molecule has 0 spiro atoms. The lowest BCUT2D eigenvalue weighted by atomic mass is 10.2. The first-order valence-electron chi connectivity index (χ1n) is 8.51. The van der Waals surface area contributed by atoms with Crippen molar-refractivity contribution in [2.24, 2.45) is 10.2 Å². The van der Waals surface area contributed by atoms with Crippen LogP contribution in [-0.2, 0) is 9.53 Å². The Morgan fingerprint density at radius 1 is 1.18 bits per heavy atom. The topological polar surface area (TPSA) is 121 Å². The van der Waals surface area contributed by atoms with E-state index in [0.717, 1.165) is 5.69 Å². The molecule has 0 aromatic heterocycles. The fraction of sp³-hybridized carbons (Fsp3) is 0.263. The van der Waals surface area contributed by atoms with Crippen LogP contribution in [0.2, 0.25) is 0 Å². The molecule has 0 aliphatic rings. The molecule has 0 amide bonds. The van der Waals surface area contributed by atoms with Gasteiger partial charge in [-0.15, -0.1) is 5.11 Å². The molecule has 0 aliphatic heterocycles. The number of anilines is 1. The molecule has 0 bridgehead atoms. The number of carbonyl (C=O) groups excluding carboxylic acids is 1. The summed E-state index contributed by atoms with van der Waals surface area (Å²) in [5.41, 5.74) is 1.43. The van der Waals surface area contributed by atoms with Crippen molar-refractivity contribution in [3.8, 4) is 6.07 Å². The van der Waals surface area contributed by atoms with E-state index in [0.29, 0.717) is 25.2 Å². The van der Waals surface area contributed by atoms with Crippen LogP contribution in [0.25, 0.3) is 0 Å². The van der Waals surface area contributed by atoms with E-state index in [1.165, 1.54) is 19.1 Å². The molecule has 2 rings (SSSR count). The smallest absolute Gasteiger partial charge is 0.302 e. The standard InChI is InChI=1S/C19H19N5O4/c1-15(25)28-14-13-23(12-4-11-20)17-9-7-16(8-10-17)21-22-18-5-2-3-6-19(18)24(26)27/h2-3,5-10H,4,12-14H2,1H3. The lowest BCUT2D eigenvalue weighted by Crippen LogP contribution is -2.28. The fourth-order valence-electron chi connectivity index (χ4n) is 2.40. The highest BCUT2D eigenvalue weighted by Gasteiger charge is 2.11. The SMILES string of the molecule is CC(=O)OCCN(CCC#N)c1ccc(N=Nc2ccccc2[N+](=O)[O-])cc1. The van der Waals surface area contributed by atoms with E-state index in [9.17, 15) is 14.9 Å². The van der Waals surface area contributed by atoms with E-state index in [2.05, 4.69) is 16.3 Å². The summed E-state index contributed by atoms with van der Waals surface area (Å²) in [5, 5.41) is 27.8. The number of azo groups is 1. The maximum atomic E-state index is 11.0. The molecule has 0 heterocycles. The number of hydrogen-bond donors (Lipinski definition) is 0. The Morgan fingerprint density at radius 3 is 2.54 bits per heavy atom. The fourth-order valence-corrected chi connectivity index (χ4v) is 2.40. The highest BCUT2D eigenvalue weighted by molar-refractivity contribution is 5.66. The molecule has 9 heteroatoms. The molecule has 0 aliphatic carbocycles. The number of ether oxygens (including phenoxy) is 1. The van der Waals surface area contributed by atoms with Crippen LogP contribution >= 0.6 is 0 Å².